The van der Waals surface area contributed by atoms with Crippen molar-refractivity contribution in [2.75, 3.05) is 0 Å². The molecule has 1 rings (SSSR count). The Labute approximate surface area is 93.4 Å². The third-order valence-corrected chi connectivity index (χ3v) is 2.38. The molecule has 0 radical (unpaired) electrons. The Morgan fingerprint density at radius 1 is 1.44 bits per heavy atom. The highest BCUT2D eigenvalue weighted by Gasteiger charge is 2.11. The van der Waals surface area contributed by atoms with E-state index in [2.05, 4.69) is 18.8 Å². The number of hydrogen-bond acceptors (Lipinski definition) is 3. The highest BCUT2D eigenvalue weighted by atomic mass is 16.2. The van der Waals surface area contributed by atoms with Crippen molar-refractivity contribution < 1.29 is 0 Å². The molecule has 0 bridgehead atoms. The molecule has 1 aromatic heterocycles. The topological polar surface area (TPSA) is 78.7 Å². The van der Waals surface area contributed by atoms with Crippen molar-refractivity contribution in [3.05, 3.63) is 32.6 Å². The Bertz CT molecular complexity index is 519. The summed E-state index contributed by atoms with van der Waals surface area (Å²) in [6.07, 6.45) is 2.14. The molecule has 0 aromatic carbocycles. The lowest BCUT2D eigenvalue weighted by Crippen LogP contribution is -2.33. The Balaban J connectivity index is 3.20. The van der Waals surface area contributed by atoms with Crippen molar-refractivity contribution in [1.82, 2.24) is 9.55 Å². The van der Waals surface area contributed by atoms with Gasteiger partial charge in [0.05, 0.1) is 0 Å². The molecule has 5 heteroatoms. The van der Waals surface area contributed by atoms with Crippen LogP contribution in [-0.4, -0.2) is 9.55 Å². The van der Waals surface area contributed by atoms with Crippen molar-refractivity contribution in [1.29, 1.82) is 5.26 Å². The van der Waals surface area contributed by atoms with Crippen molar-refractivity contribution in [2.24, 2.45) is 5.92 Å². The summed E-state index contributed by atoms with van der Waals surface area (Å²) in [4.78, 5) is 24.8. The van der Waals surface area contributed by atoms with Gasteiger partial charge in [-0.15, -0.1) is 0 Å². The molecule has 86 valence electrons. The van der Waals surface area contributed by atoms with Gasteiger partial charge in [0.15, 0.2) is 0 Å². The summed E-state index contributed by atoms with van der Waals surface area (Å²) in [5.74, 6) is 0.444. The summed E-state index contributed by atoms with van der Waals surface area (Å²) in [5.41, 5.74) is -1.12. The van der Waals surface area contributed by atoms with Gasteiger partial charge in [0.2, 0.25) is 0 Å². The van der Waals surface area contributed by atoms with Crippen LogP contribution in [0.25, 0.3) is 0 Å². The molecule has 16 heavy (non-hydrogen) atoms. The summed E-state index contributed by atoms with van der Waals surface area (Å²) in [6, 6.07) is 1.74. The minimum Gasteiger partial charge on any atom is -0.296 e. The monoisotopic (exact) mass is 221 g/mol. The molecule has 0 aliphatic heterocycles. The Hall–Kier alpha value is -1.83. The zero-order valence-electron chi connectivity index (χ0n) is 9.65. The van der Waals surface area contributed by atoms with Gasteiger partial charge in [-0.1, -0.05) is 13.8 Å². The molecule has 0 amide bonds. The van der Waals surface area contributed by atoms with Crippen LogP contribution in [0.5, 0.6) is 0 Å². The number of H-pyrrole nitrogens is 1. The molecule has 0 saturated heterocycles. The Morgan fingerprint density at radius 2 is 2.06 bits per heavy atom. The van der Waals surface area contributed by atoms with Gasteiger partial charge in [0, 0.05) is 12.2 Å². The van der Waals surface area contributed by atoms with Crippen LogP contribution in [0.2, 0.25) is 0 Å². The highest BCUT2D eigenvalue weighted by molar-refractivity contribution is 5.21. The molecule has 1 unspecified atom stereocenters. The van der Waals surface area contributed by atoms with E-state index >= 15 is 0 Å². The van der Waals surface area contributed by atoms with E-state index in [1.807, 2.05) is 6.92 Å². The molecule has 0 spiro atoms. The van der Waals surface area contributed by atoms with E-state index in [4.69, 9.17) is 5.26 Å². The lowest BCUT2D eigenvalue weighted by Gasteiger charge is -2.16. The van der Waals surface area contributed by atoms with Crippen LogP contribution in [0.15, 0.2) is 15.8 Å². The van der Waals surface area contributed by atoms with E-state index in [0.29, 0.717) is 5.92 Å². The predicted molar refractivity (Wildman–Crippen MR) is 60.2 cm³/mol. The molecule has 1 heterocycles. The number of nitriles is 1. The highest BCUT2D eigenvalue weighted by Crippen LogP contribution is 2.14. The van der Waals surface area contributed by atoms with E-state index in [0.717, 1.165) is 6.42 Å². The number of aromatic amines is 1. The first kappa shape index (κ1) is 12.2. The molecule has 1 N–H and O–H groups in total. The maximum absolute atomic E-state index is 11.5. The lowest BCUT2D eigenvalue weighted by molar-refractivity contribution is 0.413. The maximum Gasteiger partial charge on any atom is 0.328 e. The zero-order chi connectivity index (χ0) is 12.3. The van der Waals surface area contributed by atoms with Crippen LogP contribution in [-0.2, 0) is 0 Å². The Kier molecular flexibility index (Phi) is 3.67. The van der Waals surface area contributed by atoms with E-state index < -0.39 is 11.2 Å². The van der Waals surface area contributed by atoms with Gasteiger partial charge in [0.1, 0.15) is 11.6 Å². The van der Waals surface area contributed by atoms with Gasteiger partial charge in [-0.05, 0) is 19.3 Å². The molecular weight excluding hydrogens is 206 g/mol. The first-order valence-corrected chi connectivity index (χ1v) is 5.21. The van der Waals surface area contributed by atoms with Gasteiger partial charge < -0.3 is 0 Å². The summed E-state index contributed by atoms with van der Waals surface area (Å²) < 4.78 is 1.40. The number of rotatable bonds is 3. The summed E-state index contributed by atoms with van der Waals surface area (Å²) in [5, 5.41) is 8.71. The average Bonchev–Trinajstić information content (AvgIpc) is 2.16. The standard InChI is InChI=1S/C11H15N3O2/c1-7(2)4-8(3)14-6-9(5-12)10(15)13-11(14)16/h6-8H,4H2,1-3H3,(H,13,15,16). The normalized spacial score (nSPS) is 12.4. The first-order chi connectivity index (χ1) is 7.45. The van der Waals surface area contributed by atoms with E-state index in [9.17, 15) is 9.59 Å². The summed E-state index contributed by atoms with van der Waals surface area (Å²) in [6.45, 7) is 6.00. The fourth-order valence-electron chi connectivity index (χ4n) is 1.69. The van der Waals surface area contributed by atoms with E-state index in [1.165, 1.54) is 10.8 Å². The molecule has 0 aliphatic carbocycles. The van der Waals surface area contributed by atoms with Crippen LogP contribution >= 0.6 is 0 Å². The van der Waals surface area contributed by atoms with Crippen molar-refractivity contribution in [3.8, 4) is 6.07 Å². The maximum atomic E-state index is 11.5. The number of nitrogens with one attached hydrogen (secondary N) is 1. The minimum atomic E-state index is -0.625. The average molecular weight is 221 g/mol. The van der Waals surface area contributed by atoms with Gasteiger partial charge >= 0.3 is 5.69 Å². The second-order valence-electron chi connectivity index (χ2n) is 4.30. The summed E-state index contributed by atoms with van der Waals surface area (Å²) in [7, 11) is 0. The quantitative estimate of drug-likeness (QED) is 0.827. The van der Waals surface area contributed by atoms with Crippen LogP contribution in [0.4, 0.5) is 0 Å². The Morgan fingerprint density at radius 3 is 2.56 bits per heavy atom. The molecule has 1 aromatic rings. The predicted octanol–water partition coefficient (Wildman–Crippen LogP) is 1.02. The molecule has 5 nitrogen and oxygen atoms in total. The van der Waals surface area contributed by atoms with Gasteiger partial charge in [0.25, 0.3) is 5.56 Å². The number of hydrogen-bond donors (Lipinski definition) is 1. The third-order valence-electron chi connectivity index (χ3n) is 2.38. The number of nitrogens with zero attached hydrogens (tertiary/aromatic N) is 2. The third kappa shape index (κ3) is 2.60. The first-order valence-electron chi connectivity index (χ1n) is 5.21. The fourth-order valence-corrected chi connectivity index (χ4v) is 1.69. The molecule has 0 fully saturated rings. The van der Waals surface area contributed by atoms with Gasteiger partial charge in [-0.3, -0.25) is 14.3 Å². The van der Waals surface area contributed by atoms with E-state index in [-0.39, 0.29) is 11.6 Å². The molecule has 0 saturated carbocycles. The van der Waals surface area contributed by atoms with Crippen molar-refractivity contribution >= 4 is 0 Å². The molecule has 0 aliphatic rings. The van der Waals surface area contributed by atoms with Gasteiger partial charge in [-0.2, -0.15) is 5.26 Å². The van der Waals surface area contributed by atoms with Crippen LogP contribution in [0, 0.1) is 17.2 Å². The summed E-state index contributed by atoms with van der Waals surface area (Å²) >= 11 is 0. The van der Waals surface area contributed by atoms with Crippen molar-refractivity contribution in [3.63, 3.8) is 0 Å². The van der Waals surface area contributed by atoms with Crippen LogP contribution in [0.3, 0.4) is 0 Å². The molecular formula is C11H15N3O2. The SMILES string of the molecule is CC(C)CC(C)n1cc(C#N)c(=O)[nH]c1=O. The van der Waals surface area contributed by atoms with E-state index in [1.54, 1.807) is 6.07 Å². The second kappa shape index (κ2) is 4.79. The van der Waals surface area contributed by atoms with Gasteiger partial charge in [-0.25, -0.2) is 4.79 Å². The molecule has 1 atom stereocenters. The lowest BCUT2D eigenvalue weighted by atomic mass is 10.1. The number of aromatic nitrogens is 2. The second-order valence-corrected chi connectivity index (χ2v) is 4.30. The van der Waals surface area contributed by atoms with Crippen molar-refractivity contribution in [2.45, 2.75) is 33.2 Å². The van der Waals surface area contributed by atoms with Crippen LogP contribution < -0.4 is 11.2 Å². The van der Waals surface area contributed by atoms with Crippen LogP contribution in [0.1, 0.15) is 38.8 Å². The zero-order valence-corrected chi connectivity index (χ0v) is 9.65. The smallest absolute Gasteiger partial charge is 0.296 e. The fraction of sp³-hybridized carbons (Fsp3) is 0.545. The largest absolute Gasteiger partial charge is 0.328 e. The minimum absolute atomic E-state index is 0.0311.